The van der Waals surface area contributed by atoms with E-state index in [9.17, 15) is 14.4 Å². The van der Waals surface area contributed by atoms with Crippen LogP contribution >= 0.6 is 0 Å². The molecule has 1 unspecified atom stereocenters. The van der Waals surface area contributed by atoms with Crippen LogP contribution in [-0.2, 0) is 16.0 Å². The molecule has 1 aliphatic heterocycles. The molecule has 0 saturated heterocycles. The lowest BCUT2D eigenvalue weighted by atomic mass is 9.92. The standard InChI is InChI=1S/C22H21N5O3/c1-2-13-8-10-15(11-9-13)23-20(29)16-12-17(28)25-19-18(16)21(30)27-22(26-19)24-14-6-4-3-5-7-14/h3-11,16H,2,12H2,1H3,(H,23,29)(H3,24,25,26,27,28,30). The van der Waals surface area contributed by atoms with Crippen molar-refractivity contribution in [2.24, 2.45) is 0 Å². The molecule has 4 N–H and O–H groups in total. The lowest BCUT2D eigenvalue weighted by Gasteiger charge is -2.23. The van der Waals surface area contributed by atoms with Gasteiger partial charge in [0, 0.05) is 17.8 Å². The smallest absolute Gasteiger partial charge is 0.258 e. The molecule has 1 atom stereocenters. The Bertz CT molecular complexity index is 1140. The minimum absolute atomic E-state index is 0.0925. The monoisotopic (exact) mass is 403 g/mol. The van der Waals surface area contributed by atoms with Crippen LogP contribution in [-0.4, -0.2) is 21.8 Å². The molecular weight excluding hydrogens is 382 g/mol. The second kappa shape index (κ2) is 8.20. The van der Waals surface area contributed by atoms with E-state index >= 15 is 0 Å². The zero-order chi connectivity index (χ0) is 21.1. The summed E-state index contributed by atoms with van der Waals surface area (Å²) < 4.78 is 0. The van der Waals surface area contributed by atoms with Gasteiger partial charge in [-0.1, -0.05) is 37.3 Å². The Morgan fingerprint density at radius 2 is 1.80 bits per heavy atom. The second-order valence-corrected chi connectivity index (χ2v) is 7.01. The molecule has 2 amide bonds. The number of carbonyl (C=O) groups excluding carboxylic acids is 2. The van der Waals surface area contributed by atoms with Gasteiger partial charge in [0.05, 0.1) is 11.5 Å². The number of aryl methyl sites for hydroxylation is 1. The van der Waals surface area contributed by atoms with Crippen molar-refractivity contribution in [1.29, 1.82) is 0 Å². The normalized spacial score (nSPS) is 15.1. The number of nitrogens with one attached hydrogen (secondary N) is 4. The number of carbonyl (C=O) groups is 2. The number of benzene rings is 2. The highest BCUT2D eigenvalue weighted by molar-refractivity contribution is 6.04. The zero-order valence-electron chi connectivity index (χ0n) is 16.4. The maximum absolute atomic E-state index is 12.9. The lowest BCUT2D eigenvalue weighted by Crippen LogP contribution is -2.36. The molecule has 8 heteroatoms. The van der Waals surface area contributed by atoms with Crippen molar-refractivity contribution in [3.63, 3.8) is 0 Å². The third kappa shape index (κ3) is 4.07. The first kappa shape index (κ1) is 19.4. The summed E-state index contributed by atoms with van der Waals surface area (Å²) >= 11 is 0. The van der Waals surface area contributed by atoms with Gasteiger partial charge in [0.2, 0.25) is 17.8 Å². The van der Waals surface area contributed by atoms with Crippen LogP contribution in [0.3, 0.4) is 0 Å². The lowest BCUT2D eigenvalue weighted by molar-refractivity contribution is -0.123. The minimum Gasteiger partial charge on any atom is -0.326 e. The first-order valence-corrected chi connectivity index (χ1v) is 9.69. The summed E-state index contributed by atoms with van der Waals surface area (Å²) in [4.78, 5) is 44.8. The minimum atomic E-state index is -0.929. The first-order chi connectivity index (χ1) is 14.5. The van der Waals surface area contributed by atoms with Crippen molar-refractivity contribution in [3.05, 3.63) is 76.1 Å². The van der Waals surface area contributed by atoms with Gasteiger partial charge in [-0.3, -0.25) is 19.4 Å². The maximum Gasteiger partial charge on any atom is 0.258 e. The van der Waals surface area contributed by atoms with Crippen LogP contribution in [0.5, 0.6) is 0 Å². The van der Waals surface area contributed by atoms with Gasteiger partial charge < -0.3 is 16.0 Å². The molecule has 8 nitrogen and oxygen atoms in total. The summed E-state index contributed by atoms with van der Waals surface area (Å²) in [5.41, 5.74) is 2.16. The van der Waals surface area contributed by atoms with E-state index < -0.39 is 17.4 Å². The number of fused-ring (bicyclic) bond motifs is 1. The molecule has 1 aromatic heterocycles. The number of hydrogen-bond donors (Lipinski definition) is 4. The molecule has 152 valence electrons. The number of aromatic nitrogens is 2. The van der Waals surface area contributed by atoms with Crippen LogP contribution in [0.1, 0.15) is 30.4 Å². The molecule has 0 spiro atoms. The van der Waals surface area contributed by atoms with Crippen LogP contribution < -0.4 is 21.5 Å². The summed E-state index contributed by atoms with van der Waals surface area (Å²) in [7, 11) is 0. The Kier molecular flexibility index (Phi) is 5.30. The molecule has 3 aromatic rings. The van der Waals surface area contributed by atoms with Crippen molar-refractivity contribution >= 4 is 35.0 Å². The Balaban J connectivity index is 1.61. The SMILES string of the molecule is CCc1ccc(NC(=O)C2CC(=O)Nc3nc(Nc4ccccc4)[nH]c(=O)c32)cc1. The molecule has 0 aliphatic carbocycles. The Morgan fingerprint density at radius 3 is 2.50 bits per heavy atom. The largest absolute Gasteiger partial charge is 0.326 e. The Morgan fingerprint density at radius 1 is 1.07 bits per heavy atom. The fraction of sp³-hybridized carbons (Fsp3) is 0.182. The van der Waals surface area contributed by atoms with Crippen LogP contribution in [0.4, 0.5) is 23.1 Å². The van der Waals surface area contributed by atoms with Crippen molar-refractivity contribution in [2.45, 2.75) is 25.7 Å². The highest BCUT2D eigenvalue weighted by Gasteiger charge is 2.34. The van der Waals surface area contributed by atoms with Crippen molar-refractivity contribution < 1.29 is 9.59 Å². The number of aromatic amines is 1. The van der Waals surface area contributed by atoms with Gasteiger partial charge in [-0.05, 0) is 36.2 Å². The van der Waals surface area contributed by atoms with Crippen molar-refractivity contribution in [2.75, 3.05) is 16.0 Å². The van der Waals surface area contributed by atoms with E-state index in [1.54, 1.807) is 12.1 Å². The molecule has 2 aromatic carbocycles. The molecule has 30 heavy (non-hydrogen) atoms. The van der Waals surface area contributed by atoms with E-state index in [0.717, 1.165) is 17.7 Å². The molecule has 4 rings (SSSR count). The number of anilines is 4. The summed E-state index contributed by atoms with van der Waals surface area (Å²) in [6.45, 7) is 2.05. The number of H-pyrrole nitrogens is 1. The predicted octanol–water partition coefficient (Wildman–Crippen LogP) is 3.14. The molecule has 0 radical (unpaired) electrons. The van der Waals surface area contributed by atoms with E-state index in [2.05, 4.69) is 25.9 Å². The highest BCUT2D eigenvalue weighted by Crippen LogP contribution is 2.30. The quantitative estimate of drug-likeness (QED) is 0.522. The van der Waals surface area contributed by atoms with Crippen LogP contribution in [0.15, 0.2) is 59.4 Å². The summed E-state index contributed by atoms with van der Waals surface area (Å²) in [5.74, 6) is -1.45. The van der Waals surface area contributed by atoms with Gasteiger partial charge >= 0.3 is 0 Å². The number of nitrogens with zero attached hydrogens (tertiary/aromatic N) is 1. The van der Waals surface area contributed by atoms with Crippen LogP contribution in [0, 0.1) is 0 Å². The Hall–Kier alpha value is -3.94. The van der Waals surface area contributed by atoms with Crippen molar-refractivity contribution in [1.82, 2.24) is 9.97 Å². The van der Waals surface area contributed by atoms with E-state index in [-0.39, 0.29) is 29.7 Å². The average Bonchev–Trinajstić information content (AvgIpc) is 2.74. The highest BCUT2D eigenvalue weighted by atomic mass is 16.2. The van der Waals surface area contributed by atoms with Gasteiger partial charge in [0.25, 0.3) is 5.56 Å². The molecule has 2 heterocycles. The number of rotatable bonds is 5. The molecular formula is C22H21N5O3. The van der Waals surface area contributed by atoms with Gasteiger partial charge in [0.15, 0.2) is 0 Å². The third-order valence-corrected chi connectivity index (χ3v) is 4.93. The average molecular weight is 403 g/mol. The summed E-state index contributed by atoms with van der Waals surface area (Å²) in [5, 5.41) is 8.38. The van der Waals surface area contributed by atoms with Crippen molar-refractivity contribution in [3.8, 4) is 0 Å². The fourth-order valence-electron chi connectivity index (χ4n) is 3.37. The van der Waals surface area contributed by atoms with Gasteiger partial charge in [-0.25, -0.2) is 0 Å². The number of amides is 2. The van der Waals surface area contributed by atoms with E-state index in [4.69, 9.17) is 0 Å². The number of hydrogen-bond acceptors (Lipinski definition) is 5. The fourth-order valence-corrected chi connectivity index (χ4v) is 3.37. The van der Waals surface area contributed by atoms with Gasteiger partial charge in [-0.15, -0.1) is 0 Å². The summed E-state index contributed by atoms with van der Waals surface area (Å²) in [6, 6.07) is 16.6. The molecule has 1 aliphatic rings. The molecule has 0 bridgehead atoms. The van der Waals surface area contributed by atoms with E-state index in [1.807, 2.05) is 49.4 Å². The number of para-hydroxylation sites is 1. The first-order valence-electron chi connectivity index (χ1n) is 9.69. The summed E-state index contributed by atoms with van der Waals surface area (Å²) in [6.07, 6.45) is 0.771. The Labute approximate surface area is 172 Å². The van der Waals surface area contributed by atoms with E-state index in [1.165, 1.54) is 0 Å². The van der Waals surface area contributed by atoms with Crippen LogP contribution in [0.25, 0.3) is 0 Å². The van der Waals surface area contributed by atoms with Gasteiger partial charge in [-0.2, -0.15) is 4.98 Å². The van der Waals surface area contributed by atoms with Crippen LogP contribution in [0.2, 0.25) is 0 Å². The molecule has 0 fully saturated rings. The molecule has 0 saturated carbocycles. The van der Waals surface area contributed by atoms with E-state index in [0.29, 0.717) is 5.69 Å². The maximum atomic E-state index is 12.9. The zero-order valence-corrected chi connectivity index (χ0v) is 16.4. The second-order valence-electron chi connectivity index (χ2n) is 7.01. The van der Waals surface area contributed by atoms with Gasteiger partial charge in [0.1, 0.15) is 5.82 Å². The topological polar surface area (TPSA) is 116 Å². The predicted molar refractivity (Wildman–Crippen MR) is 115 cm³/mol. The third-order valence-electron chi connectivity index (χ3n) is 4.93.